The summed E-state index contributed by atoms with van der Waals surface area (Å²) in [6, 6.07) is 3.57. The van der Waals surface area contributed by atoms with Gasteiger partial charge in [0.25, 0.3) is 0 Å². The topological polar surface area (TPSA) is 85.2 Å². The van der Waals surface area contributed by atoms with Crippen LogP contribution in [0, 0.1) is 9.81 Å². The number of carbonyl (C=O) groups excluding carboxylic acids is 1. The van der Waals surface area contributed by atoms with Crippen LogP contribution in [0.25, 0.3) is 0 Å². The highest BCUT2D eigenvalue weighted by Gasteiger charge is 2.41. The number of alkyl halides is 3. The van der Waals surface area contributed by atoms with Crippen molar-refractivity contribution in [1.82, 2.24) is 0 Å². The third kappa shape index (κ3) is 3.09. The summed E-state index contributed by atoms with van der Waals surface area (Å²) in [6.07, 6.45) is -5.15. The summed E-state index contributed by atoms with van der Waals surface area (Å²) in [5, 5.41) is 5.00. The summed E-state index contributed by atoms with van der Waals surface area (Å²) >= 11 is 0. The van der Waals surface area contributed by atoms with Gasteiger partial charge in [0.1, 0.15) is 18.0 Å². The van der Waals surface area contributed by atoms with Crippen molar-refractivity contribution < 1.29 is 22.7 Å². The third-order valence-electron chi connectivity index (χ3n) is 1.90. The fourth-order valence-electron chi connectivity index (χ4n) is 1.10. The summed E-state index contributed by atoms with van der Waals surface area (Å²) in [4.78, 5) is 31.2. The normalized spacial score (nSPS) is 10.8. The molecule has 1 rings (SSSR count). The Morgan fingerprint density at radius 2 is 1.67 bits per heavy atom. The van der Waals surface area contributed by atoms with Gasteiger partial charge in [-0.05, 0) is 22.5 Å². The molecule has 0 bridgehead atoms. The first-order chi connectivity index (χ1) is 8.40. The highest BCUT2D eigenvalue weighted by molar-refractivity contribution is 5.76. The maximum atomic E-state index is 11.9. The first-order valence-electron chi connectivity index (χ1n) is 4.42. The first-order valence-corrected chi connectivity index (χ1v) is 4.42. The summed E-state index contributed by atoms with van der Waals surface area (Å²) in [5.41, 5.74) is -0.913. The van der Waals surface area contributed by atoms with Crippen molar-refractivity contribution in [2.45, 2.75) is 12.8 Å². The molecule has 0 fully saturated rings. The van der Waals surface area contributed by atoms with Gasteiger partial charge in [0, 0.05) is 5.56 Å². The first kappa shape index (κ1) is 13.7. The van der Waals surface area contributed by atoms with Gasteiger partial charge in [-0.2, -0.15) is 13.2 Å². The highest BCUT2D eigenvalue weighted by atomic mass is 19.4. The van der Waals surface area contributed by atoms with Crippen molar-refractivity contribution in [3.05, 3.63) is 33.6 Å². The van der Waals surface area contributed by atoms with Crippen LogP contribution in [-0.2, 0) is 16.1 Å². The van der Waals surface area contributed by atoms with Crippen molar-refractivity contribution in [1.29, 1.82) is 0 Å². The Kier molecular flexibility index (Phi) is 4.08. The van der Waals surface area contributed by atoms with Gasteiger partial charge in [0.15, 0.2) is 0 Å². The van der Waals surface area contributed by atoms with E-state index in [1.54, 1.807) is 0 Å². The molecule has 9 heteroatoms. The third-order valence-corrected chi connectivity index (χ3v) is 1.90. The van der Waals surface area contributed by atoms with Gasteiger partial charge in [0.05, 0.1) is 0 Å². The molecule has 0 saturated carbocycles. The molecule has 0 N–H and O–H groups in total. The fourth-order valence-corrected chi connectivity index (χ4v) is 1.10. The number of ether oxygens (including phenoxy) is 1. The molecule has 0 aliphatic heterocycles. The second-order valence-corrected chi connectivity index (χ2v) is 3.03. The molecule has 18 heavy (non-hydrogen) atoms. The van der Waals surface area contributed by atoms with E-state index in [0.717, 1.165) is 12.1 Å². The predicted octanol–water partition coefficient (Wildman–Crippen LogP) is 3.09. The van der Waals surface area contributed by atoms with Gasteiger partial charge >= 0.3 is 12.1 Å². The van der Waals surface area contributed by atoms with Crippen molar-refractivity contribution >= 4 is 17.3 Å². The van der Waals surface area contributed by atoms with E-state index in [-0.39, 0.29) is 16.9 Å². The van der Waals surface area contributed by atoms with E-state index in [4.69, 9.17) is 0 Å². The van der Waals surface area contributed by atoms with E-state index >= 15 is 0 Å². The molecule has 0 aliphatic rings. The minimum Gasteiger partial charge on any atom is -0.454 e. The summed E-state index contributed by atoms with van der Waals surface area (Å²) in [7, 11) is 0. The standard InChI is InChI=1S/C9H5F3N2O4/c10-9(11,12)8(15)18-4-5-6(13-16)2-1-3-7(5)14-17/h1-3H,4H2. The van der Waals surface area contributed by atoms with Gasteiger partial charge < -0.3 is 4.74 Å². The fraction of sp³-hybridized carbons (Fsp3) is 0.222. The lowest BCUT2D eigenvalue weighted by Crippen LogP contribution is -2.25. The van der Waals surface area contributed by atoms with E-state index in [1.807, 2.05) is 0 Å². The molecule has 0 amide bonds. The number of carbonyl (C=O) groups is 1. The molecule has 0 heterocycles. The van der Waals surface area contributed by atoms with Gasteiger partial charge in [-0.15, -0.1) is 9.81 Å². The molecule has 0 atom stereocenters. The predicted molar refractivity (Wildman–Crippen MR) is 53.2 cm³/mol. The average Bonchev–Trinajstić information content (AvgIpc) is 2.34. The van der Waals surface area contributed by atoms with Crippen LogP contribution < -0.4 is 0 Å². The molecule has 1 aromatic carbocycles. The van der Waals surface area contributed by atoms with Crippen LogP contribution in [0.15, 0.2) is 28.6 Å². The van der Waals surface area contributed by atoms with Gasteiger partial charge in [0.2, 0.25) is 0 Å². The molecular weight excluding hydrogens is 257 g/mol. The van der Waals surface area contributed by atoms with Crippen LogP contribution in [0.5, 0.6) is 0 Å². The molecule has 96 valence electrons. The van der Waals surface area contributed by atoms with E-state index in [1.165, 1.54) is 6.07 Å². The Hall–Kier alpha value is -2.32. The molecular formula is C9H5F3N2O4. The Morgan fingerprint density at radius 1 is 1.17 bits per heavy atom. The minimum atomic E-state index is -5.15. The minimum absolute atomic E-state index is 0.278. The number of halogens is 3. The van der Waals surface area contributed by atoms with Crippen LogP contribution in [0.3, 0.4) is 0 Å². The van der Waals surface area contributed by atoms with Crippen LogP contribution in [0.1, 0.15) is 5.56 Å². The molecule has 0 saturated heterocycles. The number of nitrogens with zero attached hydrogens (tertiary/aromatic N) is 2. The second-order valence-electron chi connectivity index (χ2n) is 3.03. The molecule has 0 unspecified atom stereocenters. The van der Waals surface area contributed by atoms with Crippen molar-refractivity contribution in [3.8, 4) is 0 Å². The Balaban J connectivity index is 2.93. The lowest BCUT2D eigenvalue weighted by atomic mass is 10.1. The lowest BCUT2D eigenvalue weighted by molar-refractivity contribution is -0.201. The number of esters is 1. The molecule has 0 spiro atoms. The van der Waals surface area contributed by atoms with E-state index < -0.39 is 18.8 Å². The molecule has 0 radical (unpaired) electrons. The van der Waals surface area contributed by atoms with Gasteiger partial charge in [-0.1, -0.05) is 6.07 Å². The maximum Gasteiger partial charge on any atom is 0.490 e. The summed E-state index contributed by atoms with van der Waals surface area (Å²) in [6.45, 7) is -0.915. The molecule has 0 aliphatic carbocycles. The van der Waals surface area contributed by atoms with Crippen LogP contribution in [-0.4, -0.2) is 12.1 Å². The Morgan fingerprint density at radius 3 is 2.06 bits per heavy atom. The van der Waals surface area contributed by atoms with Crippen molar-refractivity contribution in [2.75, 3.05) is 0 Å². The van der Waals surface area contributed by atoms with Gasteiger partial charge in [-0.25, -0.2) is 4.79 Å². The van der Waals surface area contributed by atoms with Crippen LogP contribution in [0.2, 0.25) is 0 Å². The SMILES string of the molecule is O=Nc1cccc(N=O)c1COC(=O)C(F)(F)F. The average molecular weight is 262 g/mol. The largest absolute Gasteiger partial charge is 0.490 e. The molecule has 0 aromatic heterocycles. The molecule has 1 aromatic rings. The van der Waals surface area contributed by atoms with E-state index in [2.05, 4.69) is 15.1 Å². The highest BCUT2D eigenvalue weighted by Crippen LogP contribution is 2.30. The summed E-state index contributed by atoms with van der Waals surface area (Å²) < 4.78 is 39.5. The summed E-state index contributed by atoms with van der Waals surface area (Å²) in [5.74, 6) is -2.43. The maximum absolute atomic E-state index is 11.9. The zero-order valence-corrected chi connectivity index (χ0v) is 8.60. The lowest BCUT2D eigenvalue weighted by Gasteiger charge is -2.09. The van der Waals surface area contributed by atoms with Crippen molar-refractivity contribution in [2.24, 2.45) is 10.4 Å². The molecule has 6 nitrogen and oxygen atoms in total. The smallest absolute Gasteiger partial charge is 0.454 e. The van der Waals surface area contributed by atoms with Crippen LogP contribution in [0.4, 0.5) is 24.5 Å². The van der Waals surface area contributed by atoms with Crippen LogP contribution >= 0.6 is 0 Å². The number of rotatable bonds is 4. The van der Waals surface area contributed by atoms with E-state index in [9.17, 15) is 27.8 Å². The van der Waals surface area contributed by atoms with Gasteiger partial charge in [-0.3, -0.25) is 0 Å². The number of benzene rings is 1. The zero-order valence-electron chi connectivity index (χ0n) is 8.60. The van der Waals surface area contributed by atoms with E-state index in [0.29, 0.717) is 0 Å². The number of hydrogen-bond acceptors (Lipinski definition) is 6. The monoisotopic (exact) mass is 262 g/mol. The number of hydrogen-bond donors (Lipinski definition) is 0. The Bertz CT molecular complexity index is 461. The second kappa shape index (κ2) is 5.34. The number of nitroso groups, excluding NO2 is 2. The quantitative estimate of drug-likeness (QED) is 0.616. The van der Waals surface area contributed by atoms with Crippen molar-refractivity contribution in [3.63, 3.8) is 0 Å². The Labute approximate surface area is 97.7 Å². The zero-order chi connectivity index (χ0) is 13.8.